The molecule has 0 aliphatic carbocycles. The van der Waals surface area contributed by atoms with Gasteiger partial charge in [-0.05, 0) is 30.3 Å². The summed E-state index contributed by atoms with van der Waals surface area (Å²) >= 11 is 11.6. The number of halogens is 4. The number of nitrogens with one attached hydrogen (secondary N) is 2. The summed E-state index contributed by atoms with van der Waals surface area (Å²) in [6.45, 7) is -3.02. The van der Waals surface area contributed by atoms with Gasteiger partial charge < -0.3 is 10.1 Å². The summed E-state index contributed by atoms with van der Waals surface area (Å²) in [5.74, 6) is -0.924. The predicted octanol–water partition coefficient (Wildman–Crippen LogP) is 4.56. The quantitative estimate of drug-likeness (QED) is 0.824. The lowest BCUT2D eigenvalue weighted by Crippen LogP contribution is -2.34. The van der Waals surface area contributed by atoms with E-state index in [1.807, 2.05) is 0 Å². The summed E-state index contributed by atoms with van der Waals surface area (Å²) in [5, 5.41) is 4.50. The third-order valence-corrected chi connectivity index (χ3v) is 3.38. The van der Waals surface area contributed by atoms with Gasteiger partial charge in [-0.15, -0.1) is 0 Å². The summed E-state index contributed by atoms with van der Waals surface area (Å²) in [4.78, 5) is 23.7. The summed E-state index contributed by atoms with van der Waals surface area (Å²) in [6, 6.07) is 9.04. The number of imide groups is 1. The van der Waals surface area contributed by atoms with Gasteiger partial charge in [0, 0.05) is 5.69 Å². The lowest BCUT2D eigenvalue weighted by Gasteiger charge is -2.10. The highest BCUT2D eigenvalue weighted by Crippen LogP contribution is 2.28. The summed E-state index contributed by atoms with van der Waals surface area (Å²) < 4.78 is 28.5. The van der Waals surface area contributed by atoms with E-state index in [-0.39, 0.29) is 27.0 Å². The maximum atomic E-state index is 12.1. The van der Waals surface area contributed by atoms with Crippen molar-refractivity contribution in [1.29, 1.82) is 0 Å². The van der Waals surface area contributed by atoms with Gasteiger partial charge in [0.05, 0.1) is 15.6 Å². The Morgan fingerprint density at radius 2 is 1.75 bits per heavy atom. The van der Waals surface area contributed by atoms with Crippen molar-refractivity contribution in [3.63, 3.8) is 0 Å². The number of urea groups is 1. The molecular formula is C15H10Cl2F2N2O3. The molecular weight excluding hydrogens is 365 g/mol. The second kappa shape index (κ2) is 7.94. The van der Waals surface area contributed by atoms with Crippen molar-refractivity contribution < 1.29 is 23.1 Å². The lowest BCUT2D eigenvalue weighted by molar-refractivity contribution is -0.0497. The zero-order valence-electron chi connectivity index (χ0n) is 11.9. The average molecular weight is 375 g/mol. The van der Waals surface area contributed by atoms with Gasteiger partial charge >= 0.3 is 12.6 Å². The number of carbonyl (C=O) groups is 2. The van der Waals surface area contributed by atoms with Crippen LogP contribution < -0.4 is 15.4 Å². The van der Waals surface area contributed by atoms with E-state index in [9.17, 15) is 18.4 Å². The molecule has 126 valence electrons. The number of anilines is 1. The Kier molecular flexibility index (Phi) is 5.94. The van der Waals surface area contributed by atoms with Gasteiger partial charge in [0.25, 0.3) is 5.91 Å². The normalized spacial score (nSPS) is 10.4. The molecule has 2 aromatic carbocycles. The number of carbonyl (C=O) groups excluding carboxylic acids is 2. The van der Waals surface area contributed by atoms with Gasteiger partial charge in [0.2, 0.25) is 0 Å². The number of amides is 3. The minimum absolute atomic E-state index is 0.120. The van der Waals surface area contributed by atoms with E-state index in [4.69, 9.17) is 23.2 Å². The standard InChI is InChI=1S/C15H10Cl2F2N2O3/c16-10-4-2-1-3-9(10)13(22)21-15(23)20-8-5-6-12(11(17)7-8)24-14(18)19/h1-7,14H,(H2,20,21,22,23). The number of rotatable bonds is 4. The minimum atomic E-state index is -3.02. The van der Waals surface area contributed by atoms with Crippen molar-refractivity contribution in [2.24, 2.45) is 0 Å². The van der Waals surface area contributed by atoms with Crippen molar-refractivity contribution in [3.05, 3.63) is 58.1 Å². The first kappa shape index (κ1) is 18.0. The van der Waals surface area contributed by atoms with Gasteiger partial charge in [0.15, 0.2) is 0 Å². The molecule has 0 unspecified atom stereocenters. The van der Waals surface area contributed by atoms with Crippen molar-refractivity contribution >= 4 is 40.8 Å². The monoisotopic (exact) mass is 374 g/mol. The van der Waals surface area contributed by atoms with E-state index >= 15 is 0 Å². The lowest BCUT2D eigenvalue weighted by atomic mass is 10.2. The van der Waals surface area contributed by atoms with E-state index < -0.39 is 18.5 Å². The van der Waals surface area contributed by atoms with Crippen LogP contribution in [-0.4, -0.2) is 18.5 Å². The minimum Gasteiger partial charge on any atom is -0.433 e. The fourth-order valence-electron chi connectivity index (χ4n) is 1.75. The summed E-state index contributed by atoms with van der Waals surface area (Å²) in [6.07, 6.45) is 0. The van der Waals surface area contributed by atoms with E-state index in [2.05, 4.69) is 15.4 Å². The Hall–Kier alpha value is -2.38. The van der Waals surface area contributed by atoms with Crippen LogP contribution in [0.4, 0.5) is 19.3 Å². The van der Waals surface area contributed by atoms with Crippen molar-refractivity contribution in [2.45, 2.75) is 6.61 Å². The number of alkyl halides is 2. The van der Waals surface area contributed by atoms with Crippen LogP contribution in [0.15, 0.2) is 42.5 Å². The number of hydrogen-bond acceptors (Lipinski definition) is 3. The van der Waals surface area contributed by atoms with Crippen LogP contribution in [0, 0.1) is 0 Å². The molecule has 0 spiro atoms. The molecule has 2 rings (SSSR count). The molecule has 0 heterocycles. The molecule has 0 aromatic heterocycles. The zero-order valence-corrected chi connectivity index (χ0v) is 13.4. The Bertz CT molecular complexity index is 772. The number of benzene rings is 2. The maximum absolute atomic E-state index is 12.1. The molecule has 2 N–H and O–H groups in total. The van der Waals surface area contributed by atoms with E-state index in [0.717, 1.165) is 0 Å². The Morgan fingerprint density at radius 3 is 2.38 bits per heavy atom. The van der Waals surface area contributed by atoms with Crippen LogP contribution in [0.1, 0.15) is 10.4 Å². The fraction of sp³-hybridized carbons (Fsp3) is 0.0667. The summed E-state index contributed by atoms with van der Waals surface area (Å²) in [5.41, 5.74) is 0.319. The van der Waals surface area contributed by atoms with Crippen LogP contribution >= 0.6 is 23.2 Å². The van der Waals surface area contributed by atoms with Gasteiger partial charge in [0.1, 0.15) is 5.75 Å². The third-order valence-electron chi connectivity index (χ3n) is 2.75. The van der Waals surface area contributed by atoms with Crippen molar-refractivity contribution in [2.75, 3.05) is 5.32 Å². The fourth-order valence-corrected chi connectivity index (χ4v) is 2.19. The van der Waals surface area contributed by atoms with Crippen LogP contribution in [0.2, 0.25) is 10.0 Å². The van der Waals surface area contributed by atoms with Crippen LogP contribution in [-0.2, 0) is 0 Å². The highest BCUT2D eigenvalue weighted by Gasteiger charge is 2.14. The van der Waals surface area contributed by atoms with Crippen LogP contribution in [0.25, 0.3) is 0 Å². The zero-order chi connectivity index (χ0) is 17.7. The molecule has 9 heteroatoms. The van der Waals surface area contributed by atoms with E-state index in [1.165, 1.54) is 30.3 Å². The smallest absolute Gasteiger partial charge is 0.387 e. The SMILES string of the molecule is O=C(NC(=O)c1ccccc1Cl)Nc1ccc(OC(F)F)c(Cl)c1. The molecule has 3 amide bonds. The first-order valence-corrected chi connectivity index (χ1v) is 7.23. The first-order chi connectivity index (χ1) is 11.4. The van der Waals surface area contributed by atoms with E-state index in [1.54, 1.807) is 12.1 Å². The molecule has 5 nitrogen and oxygen atoms in total. The molecule has 24 heavy (non-hydrogen) atoms. The highest BCUT2D eigenvalue weighted by atomic mass is 35.5. The van der Waals surface area contributed by atoms with Crippen LogP contribution in [0.3, 0.4) is 0 Å². The Labute approximate surface area is 145 Å². The highest BCUT2D eigenvalue weighted by molar-refractivity contribution is 6.34. The molecule has 0 aliphatic heterocycles. The maximum Gasteiger partial charge on any atom is 0.387 e. The summed E-state index contributed by atoms with van der Waals surface area (Å²) in [7, 11) is 0. The van der Waals surface area contributed by atoms with Crippen molar-refractivity contribution in [3.8, 4) is 5.75 Å². The van der Waals surface area contributed by atoms with Gasteiger partial charge in [-0.25, -0.2) is 4.79 Å². The average Bonchev–Trinajstić information content (AvgIpc) is 2.50. The van der Waals surface area contributed by atoms with E-state index in [0.29, 0.717) is 0 Å². The number of hydrogen-bond donors (Lipinski definition) is 2. The van der Waals surface area contributed by atoms with Gasteiger partial charge in [-0.2, -0.15) is 8.78 Å². The Balaban J connectivity index is 2.01. The molecule has 0 fully saturated rings. The topological polar surface area (TPSA) is 67.4 Å². The molecule has 0 saturated heterocycles. The second-order valence-electron chi connectivity index (χ2n) is 4.41. The van der Waals surface area contributed by atoms with Gasteiger partial charge in [-0.3, -0.25) is 10.1 Å². The molecule has 0 radical (unpaired) electrons. The molecule has 2 aromatic rings. The largest absolute Gasteiger partial charge is 0.433 e. The predicted molar refractivity (Wildman–Crippen MR) is 86.0 cm³/mol. The van der Waals surface area contributed by atoms with Crippen molar-refractivity contribution in [1.82, 2.24) is 5.32 Å². The third kappa shape index (κ3) is 4.81. The van der Waals surface area contributed by atoms with Crippen LogP contribution in [0.5, 0.6) is 5.75 Å². The second-order valence-corrected chi connectivity index (χ2v) is 5.23. The molecule has 0 atom stereocenters. The Morgan fingerprint density at radius 1 is 1.04 bits per heavy atom. The molecule has 0 saturated carbocycles. The number of ether oxygens (including phenoxy) is 1. The molecule has 0 bridgehead atoms. The first-order valence-electron chi connectivity index (χ1n) is 6.48. The van der Waals surface area contributed by atoms with Gasteiger partial charge in [-0.1, -0.05) is 35.3 Å². The molecule has 0 aliphatic rings.